The minimum Gasteiger partial charge on any atom is -0.503 e. The van der Waals surface area contributed by atoms with Crippen LogP contribution in [0.3, 0.4) is 0 Å². The Labute approximate surface area is 112 Å². The van der Waals surface area contributed by atoms with Crippen LogP contribution in [0, 0.1) is 5.95 Å². The Morgan fingerprint density at radius 1 is 1.12 bits per heavy atom. The Hall–Kier alpha value is -1.03. The Kier molecular flexibility index (Phi) is 3.43. The van der Waals surface area contributed by atoms with Crippen LogP contribution in [0.4, 0.5) is 4.39 Å². The van der Waals surface area contributed by atoms with Crippen molar-refractivity contribution in [1.82, 2.24) is 4.98 Å². The first-order valence-electron chi connectivity index (χ1n) is 4.49. The van der Waals surface area contributed by atoms with E-state index >= 15 is 0 Å². The number of aromatic hydroxyl groups is 1. The maximum absolute atomic E-state index is 13.1. The topological polar surface area (TPSA) is 33.1 Å². The van der Waals surface area contributed by atoms with E-state index in [0.29, 0.717) is 10.6 Å². The number of pyridine rings is 1. The van der Waals surface area contributed by atoms with E-state index in [-0.39, 0.29) is 15.6 Å². The van der Waals surface area contributed by atoms with Crippen molar-refractivity contribution in [2.75, 3.05) is 0 Å². The van der Waals surface area contributed by atoms with Gasteiger partial charge in [-0.15, -0.1) is 0 Å². The van der Waals surface area contributed by atoms with Crippen molar-refractivity contribution in [3.05, 3.63) is 45.4 Å². The predicted octanol–water partition coefficient (Wildman–Crippen LogP) is 4.55. The largest absolute Gasteiger partial charge is 0.503 e. The summed E-state index contributed by atoms with van der Waals surface area (Å²) in [7, 11) is 0. The van der Waals surface area contributed by atoms with Gasteiger partial charge in [-0.1, -0.05) is 34.8 Å². The van der Waals surface area contributed by atoms with Crippen molar-refractivity contribution in [3.63, 3.8) is 0 Å². The van der Waals surface area contributed by atoms with Gasteiger partial charge in [0.2, 0.25) is 0 Å². The molecule has 2 nitrogen and oxygen atoms in total. The summed E-state index contributed by atoms with van der Waals surface area (Å²) < 4.78 is 13.1. The van der Waals surface area contributed by atoms with Crippen molar-refractivity contribution < 1.29 is 9.50 Å². The number of hydrogen-bond acceptors (Lipinski definition) is 2. The minimum atomic E-state index is -0.977. The highest BCUT2D eigenvalue weighted by molar-refractivity contribution is 6.45. The van der Waals surface area contributed by atoms with E-state index in [1.807, 2.05) is 0 Å². The molecule has 88 valence electrons. The van der Waals surface area contributed by atoms with Crippen LogP contribution in [0.5, 0.6) is 5.75 Å². The molecule has 0 unspecified atom stereocenters. The van der Waals surface area contributed by atoms with Gasteiger partial charge in [0, 0.05) is 22.3 Å². The Bertz CT molecular complexity index is 589. The monoisotopic (exact) mass is 291 g/mol. The lowest BCUT2D eigenvalue weighted by Gasteiger charge is -2.09. The molecule has 0 saturated carbocycles. The summed E-state index contributed by atoms with van der Waals surface area (Å²) in [4.78, 5) is 3.31. The summed E-state index contributed by atoms with van der Waals surface area (Å²) in [6.45, 7) is 0. The molecule has 0 aliphatic carbocycles. The van der Waals surface area contributed by atoms with Crippen molar-refractivity contribution in [1.29, 1.82) is 0 Å². The lowest BCUT2D eigenvalue weighted by molar-refractivity contribution is 0.421. The Morgan fingerprint density at radius 3 is 2.53 bits per heavy atom. The fourth-order valence-electron chi connectivity index (χ4n) is 1.40. The van der Waals surface area contributed by atoms with Crippen LogP contribution in [0.25, 0.3) is 11.1 Å². The molecule has 2 aromatic rings. The molecule has 0 spiro atoms. The van der Waals surface area contributed by atoms with Gasteiger partial charge in [-0.05, 0) is 18.2 Å². The molecule has 0 radical (unpaired) electrons. The third-order valence-electron chi connectivity index (χ3n) is 2.16. The second kappa shape index (κ2) is 4.69. The second-order valence-electron chi connectivity index (χ2n) is 3.25. The zero-order chi connectivity index (χ0) is 12.6. The number of halogens is 4. The van der Waals surface area contributed by atoms with Gasteiger partial charge in [-0.25, -0.2) is 4.98 Å². The first-order chi connectivity index (χ1) is 8.00. The fraction of sp³-hybridized carbons (Fsp3) is 0. The number of hydrogen-bond donors (Lipinski definition) is 1. The Balaban J connectivity index is 2.73. The predicted molar refractivity (Wildman–Crippen MR) is 66.3 cm³/mol. The van der Waals surface area contributed by atoms with Gasteiger partial charge in [-0.2, -0.15) is 4.39 Å². The summed E-state index contributed by atoms with van der Waals surface area (Å²) in [5.41, 5.74) is 0.537. The SMILES string of the molecule is Oc1c(-c2cc(Cl)cc(Cl)c2Cl)ccnc1F. The zero-order valence-corrected chi connectivity index (χ0v) is 10.5. The molecule has 1 aromatic heterocycles. The average Bonchev–Trinajstić information content (AvgIpc) is 2.27. The van der Waals surface area contributed by atoms with Crippen LogP contribution < -0.4 is 0 Å². The molecule has 0 atom stereocenters. The summed E-state index contributed by atoms with van der Waals surface area (Å²) in [6, 6.07) is 4.38. The third kappa shape index (κ3) is 2.32. The van der Waals surface area contributed by atoms with E-state index in [0.717, 1.165) is 0 Å². The van der Waals surface area contributed by atoms with Crippen LogP contribution in [-0.4, -0.2) is 10.1 Å². The smallest absolute Gasteiger partial charge is 0.255 e. The normalized spacial score (nSPS) is 10.6. The summed E-state index contributed by atoms with van der Waals surface area (Å²) in [5.74, 6) is -1.57. The van der Waals surface area contributed by atoms with Gasteiger partial charge in [0.1, 0.15) is 0 Å². The van der Waals surface area contributed by atoms with E-state index in [9.17, 15) is 9.50 Å². The van der Waals surface area contributed by atoms with Gasteiger partial charge < -0.3 is 5.11 Å². The average molecular weight is 293 g/mol. The summed E-state index contributed by atoms with van der Waals surface area (Å²) in [6.07, 6.45) is 1.22. The van der Waals surface area contributed by atoms with E-state index in [1.165, 1.54) is 24.4 Å². The molecule has 0 aliphatic heterocycles. The number of benzene rings is 1. The highest BCUT2D eigenvalue weighted by Gasteiger charge is 2.15. The van der Waals surface area contributed by atoms with E-state index in [4.69, 9.17) is 34.8 Å². The van der Waals surface area contributed by atoms with Gasteiger partial charge in [0.15, 0.2) is 5.75 Å². The molecular formula is C11H5Cl3FNO. The first-order valence-corrected chi connectivity index (χ1v) is 5.62. The van der Waals surface area contributed by atoms with Crippen molar-refractivity contribution in [3.8, 4) is 16.9 Å². The molecule has 1 N–H and O–H groups in total. The number of nitrogens with zero attached hydrogens (tertiary/aromatic N) is 1. The molecule has 0 saturated heterocycles. The van der Waals surface area contributed by atoms with Gasteiger partial charge in [-0.3, -0.25) is 0 Å². The van der Waals surface area contributed by atoms with Crippen LogP contribution >= 0.6 is 34.8 Å². The third-order valence-corrected chi connectivity index (χ3v) is 3.18. The fourth-order valence-corrected chi connectivity index (χ4v) is 2.10. The van der Waals surface area contributed by atoms with Gasteiger partial charge >= 0.3 is 0 Å². The standard InChI is InChI=1S/C11H5Cl3FNO/c12-5-3-7(9(14)8(13)4-5)6-1-2-16-11(15)10(6)17/h1-4,17H. The maximum atomic E-state index is 13.1. The molecule has 0 aliphatic rings. The lowest BCUT2D eigenvalue weighted by atomic mass is 10.1. The molecule has 6 heteroatoms. The van der Waals surface area contributed by atoms with Gasteiger partial charge in [0.05, 0.1) is 10.0 Å². The summed E-state index contributed by atoms with van der Waals surface area (Å²) in [5, 5.41) is 10.3. The molecule has 17 heavy (non-hydrogen) atoms. The van der Waals surface area contributed by atoms with Crippen LogP contribution in [0.1, 0.15) is 0 Å². The Morgan fingerprint density at radius 2 is 1.82 bits per heavy atom. The molecular weight excluding hydrogens is 287 g/mol. The van der Waals surface area contributed by atoms with Crippen LogP contribution in [-0.2, 0) is 0 Å². The van der Waals surface area contributed by atoms with Crippen molar-refractivity contribution in [2.45, 2.75) is 0 Å². The minimum absolute atomic E-state index is 0.187. The molecule has 1 aromatic carbocycles. The number of aromatic nitrogens is 1. The highest BCUT2D eigenvalue weighted by atomic mass is 35.5. The van der Waals surface area contributed by atoms with Gasteiger partial charge in [0.25, 0.3) is 5.95 Å². The quantitative estimate of drug-likeness (QED) is 0.617. The van der Waals surface area contributed by atoms with E-state index in [1.54, 1.807) is 0 Å². The highest BCUT2D eigenvalue weighted by Crippen LogP contribution is 2.40. The van der Waals surface area contributed by atoms with E-state index < -0.39 is 11.7 Å². The molecule has 1 heterocycles. The molecule has 0 amide bonds. The van der Waals surface area contributed by atoms with Crippen molar-refractivity contribution in [2.24, 2.45) is 0 Å². The lowest BCUT2D eigenvalue weighted by Crippen LogP contribution is -1.88. The van der Waals surface area contributed by atoms with Crippen molar-refractivity contribution >= 4 is 34.8 Å². The summed E-state index contributed by atoms with van der Waals surface area (Å²) >= 11 is 17.7. The number of rotatable bonds is 1. The first kappa shape index (κ1) is 12.4. The molecule has 0 bridgehead atoms. The van der Waals surface area contributed by atoms with Crippen LogP contribution in [0.15, 0.2) is 24.4 Å². The zero-order valence-electron chi connectivity index (χ0n) is 8.22. The molecule has 0 fully saturated rings. The van der Waals surface area contributed by atoms with E-state index in [2.05, 4.69) is 4.98 Å². The maximum Gasteiger partial charge on any atom is 0.255 e. The molecule has 2 rings (SSSR count). The second-order valence-corrected chi connectivity index (χ2v) is 4.47. The van der Waals surface area contributed by atoms with Crippen LogP contribution in [0.2, 0.25) is 15.1 Å².